The number of aliphatic hydroxyl groups excluding tert-OH is 2. The van der Waals surface area contributed by atoms with E-state index in [1.807, 2.05) is 0 Å². The first-order valence-corrected chi connectivity index (χ1v) is 9.36. The van der Waals surface area contributed by atoms with Crippen LogP contribution in [0.5, 0.6) is 0 Å². The van der Waals surface area contributed by atoms with Crippen LogP contribution in [0.4, 0.5) is 0 Å². The lowest BCUT2D eigenvalue weighted by Gasteiger charge is -2.01. The van der Waals surface area contributed by atoms with Crippen molar-refractivity contribution in [2.75, 3.05) is 39.6 Å². The number of benzene rings is 1. The largest absolute Gasteiger partial charge is 0.481 e. The van der Waals surface area contributed by atoms with Gasteiger partial charge in [-0.1, -0.05) is 44.4 Å². The van der Waals surface area contributed by atoms with Gasteiger partial charge in [-0.25, -0.2) is 4.79 Å². The fraction of sp³-hybridized carbons (Fsp3) is 0.600. The van der Waals surface area contributed by atoms with Gasteiger partial charge < -0.3 is 29.9 Å². The molecule has 0 amide bonds. The minimum absolute atomic E-state index is 0.0417. The lowest BCUT2D eigenvalue weighted by atomic mass is 10.2. The molecule has 0 heterocycles. The Morgan fingerprint density at radius 3 is 1.71 bits per heavy atom. The Bertz CT molecular complexity index is 457. The van der Waals surface area contributed by atoms with Crippen LogP contribution in [-0.4, -0.2) is 72.0 Å². The molecular formula is C20H34O8. The summed E-state index contributed by atoms with van der Waals surface area (Å²) < 4.78 is 9.75. The Morgan fingerprint density at radius 2 is 1.36 bits per heavy atom. The van der Waals surface area contributed by atoms with Crippen LogP contribution in [0.15, 0.2) is 30.3 Å². The number of aliphatic carboxylic acids is 1. The van der Waals surface area contributed by atoms with Crippen molar-refractivity contribution in [1.82, 2.24) is 0 Å². The summed E-state index contributed by atoms with van der Waals surface area (Å²) >= 11 is 0. The highest BCUT2D eigenvalue weighted by atomic mass is 16.5. The van der Waals surface area contributed by atoms with Gasteiger partial charge >= 0.3 is 11.9 Å². The lowest BCUT2D eigenvalue weighted by Crippen LogP contribution is -2.09. The predicted octanol–water partition coefficient (Wildman–Crippen LogP) is 2.43. The zero-order chi connectivity index (χ0) is 21.5. The number of hydrogen-bond donors (Lipinski definition) is 4. The molecule has 0 bridgehead atoms. The first-order chi connectivity index (χ1) is 13.5. The normalized spacial score (nSPS) is 9.54. The van der Waals surface area contributed by atoms with Gasteiger partial charge in [0.25, 0.3) is 0 Å². The molecule has 4 N–H and O–H groups in total. The van der Waals surface area contributed by atoms with Crippen LogP contribution in [0.3, 0.4) is 0 Å². The van der Waals surface area contributed by atoms with Gasteiger partial charge in [0.2, 0.25) is 0 Å². The fourth-order valence-corrected chi connectivity index (χ4v) is 1.73. The zero-order valence-electron chi connectivity index (χ0n) is 16.6. The molecule has 0 radical (unpaired) electrons. The molecule has 0 spiro atoms. The number of aliphatic hydroxyl groups is 2. The molecule has 0 atom stereocenters. The third kappa shape index (κ3) is 24.0. The molecule has 28 heavy (non-hydrogen) atoms. The standard InChI is InChI=1S/C7H6O2.C7H14O2.C6H14O4/c8-7(9)6-4-2-1-3-5-6;1-2-3-4-5-6-7(8)9;7-1-3-9-5-6-10-4-2-8/h1-5H,(H,8,9);2-6H2,1H3,(H,8,9);7-8H,1-6H2. The van der Waals surface area contributed by atoms with E-state index in [1.165, 1.54) is 6.42 Å². The Morgan fingerprint density at radius 1 is 0.821 bits per heavy atom. The molecule has 1 aromatic rings. The summed E-state index contributed by atoms with van der Waals surface area (Å²) in [6, 6.07) is 8.30. The molecule has 1 rings (SSSR count). The number of carboxylic acid groups (broad SMARTS) is 2. The van der Waals surface area contributed by atoms with Gasteiger partial charge in [0.05, 0.1) is 45.2 Å². The van der Waals surface area contributed by atoms with Crippen molar-refractivity contribution < 1.29 is 39.5 Å². The first-order valence-electron chi connectivity index (χ1n) is 9.36. The molecule has 0 aromatic heterocycles. The molecule has 0 aliphatic carbocycles. The second-order valence-corrected chi connectivity index (χ2v) is 5.55. The maximum absolute atomic E-state index is 10.2. The van der Waals surface area contributed by atoms with Gasteiger partial charge in [0.15, 0.2) is 0 Å². The SMILES string of the molecule is CCCCCCC(=O)O.O=C(O)c1ccccc1.OCCOCCOCCO. The molecule has 0 saturated carbocycles. The highest BCUT2D eigenvalue weighted by Crippen LogP contribution is 2.01. The summed E-state index contributed by atoms with van der Waals surface area (Å²) in [5, 5.41) is 33.1. The topological polar surface area (TPSA) is 134 Å². The van der Waals surface area contributed by atoms with Crippen molar-refractivity contribution in [2.45, 2.75) is 39.0 Å². The summed E-state index contributed by atoms with van der Waals surface area (Å²) in [4.78, 5) is 20.2. The minimum Gasteiger partial charge on any atom is -0.481 e. The third-order valence-electron chi connectivity index (χ3n) is 3.11. The van der Waals surface area contributed by atoms with E-state index in [2.05, 4.69) is 6.92 Å². The molecule has 8 nitrogen and oxygen atoms in total. The number of ether oxygens (including phenoxy) is 2. The Kier molecular flexibility index (Phi) is 23.2. The summed E-state index contributed by atoms with van der Waals surface area (Å²) in [7, 11) is 0. The van der Waals surface area contributed by atoms with Crippen molar-refractivity contribution in [3.63, 3.8) is 0 Å². The maximum Gasteiger partial charge on any atom is 0.335 e. The Hall–Kier alpha value is -2.00. The summed E-state index contributed by atoms with van der Waals surface area (Å²) in [6.07, 6.45) is 4.55. The van der Waals surface area contributed by atoms with Gasteiger partial charge in [-0.15, -0.1) is 0 Å². The number of hydrogen-bond acceptors (Lipinski definition) is 6. The summed E-state index contributed by atoms with van der Waals surface area (Å²) in [6.45, 7) is 3.84. The van der Waals surface area contributed by atoms with E-state index in [1.54, 1.807) is 30.3 Å². The van der Waals surface area contributed by atoms with Crippen LogP contribution in [0.25, 0.3) is 0 Å². The highest BCUT2D eigenvalue weighted by molar-refractivity contribution is 5.87. The van der Waals surface area contributed by atoms with Crippen molar-refractivity contribution in [1.29, 1.82) is 0 Å². The Balaban J connectivity index is 0. The molecule has 0 aliphatic heterocycles. The monoisotopic (exact) mass is 402 g/mol. The second kappa shape index (κ2) is 23.0. The van der Waals surface area contributed by atoms with E-state index >= 15 is 0 Å². The second-order valence-electron chi connectivity index (χ2n) is 5.55. The summed E-state index contributed by atoms with van der Waals surface area (Å²) in [5.74, 6) is -1.55. The van der Waals surface area contributed by atoms with Gasteiger partial charge in [-0.3, -0.25) is 4.79 Å². The molecular weight excluding hydrogens is 368 g/mol. The zero-order valence-corrected chi connectivity index (χ0v) is 16.6. The van der Waals surface area contributed by atoms with Crippen molar-refractivity contribution >= 4 is 11.9 Å². The van der Waals surface area contributed by atoms with Crippen molar-refractivity contribution in [3.05, 3.63) is 35.9 Å². The molecule has 8 heteroatoms. The van der Waals surface area contributed by atoms with Gasteiger partial charge in [-0.2, -0.15) is 0 Å². The average Bonchev–Trinajstić information content (AvgIpc) is 2.69. The number of carboxylic acids is 2. The average molecular weight is 402 g/mol. The van der Waals surface area contributed by atoms with Crippen molar-refractivity contribution in [3.8, 4) is 0 Å². The van der Waals surface area contributed by atoms with Crippen LogP contribution < -0.4 is 0 Å². The van der Waals surface area contributed by atoms with E-state index in [-0.39, 0.29) is 13.2 Å². The third-order valence-corrected chi connectivity index (χ3v) is 3.11. The summed E-state index contributed by atoms with van der Waals surface area (Å²) in [5.41, 5.74) is 0.331. The highest BCUT2D eigenvalue weighted by Gasteiger charge is 1.96. The van der Waals surface area contributed by atoms with Crippen LogP contribution in [0.1, 0.15) is 49.4 Å². The van der Waals surface area contributed by atoms with Crippen LogP contribution in [0.2, 0.25) is 0 Å². The van der Waals surface area contributed by atoms with Gasteiger partial charge in [0, 0.05) is 6.42 Å². The van der Waals surface area contributed by atoms with Crippen LogP contribution in [-0.2, 0) is 14.3 Å². The van der Waals surface area contributed by atoms with Gasteiger partial charge in [0.1, 0.15) is 0 Å². The van der Waals surface area contributed by atoms with E-state index < -0.39 is 11.9 Å². The first kappa shape index (κ1) is 28.2. The minimum atomic E-state index is -0.879. The molecule has 0 saturated heterocycles. The Labute approximate surface area is 166 Å². The van der Waals surface area contributed by atoms with Gasteiger partial charge in [-0.05, 0) is 18.6 Å². The van der Waals surface area contributed by atoms with E-state index in [9.17, 15) is 9.59 Å². The molecule has 1 aromatic carbocycles. The van der Waals surface area contributed by atoms with Crippen LogP contribution >= 0.6 is 0 Å². The molecule has 162 valence electrons. The van der Waals surface area contributed by atoms with Crippen molar-refractivity contribution in [2.24, 2.45) is 0 Å². The predicted molar refractivity (Wildman–Crippen MR) is 106 cm³/mol. The number of aromatic carboxylic acids is 1. The molecule has 0 unspecified atom stereocenters. The molecule has 0 aliphatic rings. The quantitative estimate of drug-likeness (QED) is 0.370. The van der Waals surface area contributed by atoms with Crippen LogP contribution in [0, 0.1) is 0 Å². The van der Waals surface area contributed by atoms with E-state index in [0.29, 0.717) is 38.4 Å². The number of carbonyl (C=O) groups is 2. The number of rotatable bonds is 13. The maximum atomic E-state index is 10.2. The number of unbranched alkanes of at least 4 members (excludes halogenated alkanes) is 3. The lowest BCUT2D eigenvalue weighted by molar-refractivity contribution is -0.137. The van der Waals surface area contributed by atoms with E-state index in [0.717, 1.165) is 19.3 Å². The van der Waals surface area contributed by atoms with E-state index in [4.69, 9.17) is 29.9 Å². The smallest absolute Gasteiger partial charge is 0.335 e. The fourth-order valence-electron chi connectivity index (χ4n) is 1.73. The molecule has 0 fully saturated rings.